The molecule has 0 aliphatic heterocycles. The van der Waals surface area contributed by atoms with Gasteiger partial charge in [0.2, 0.25) is 10.0 Å². The lowest BCUT2D eigenvalue weighted by molar-refractivity contribution is 0.340. The second-order valence-electron chi connectivity index (χ2n) is 3.96. The van der Waals surface area contributed by atoms with Crippen molar-refractivity contribution in [3.05, 3.63) is 46.3 Å². The lowest BCUT2D eigenvalue weighted by Gasteiger charge is -2.07. The molecule has 0 unspecified atom stereocenters. The van der Waals surface area contributed by atoms with Crippen LogP contribution in [0.25, 0.3) is 0 Å². The molecule has 0 saturated carbocycles. The van der Waals surface area contributed by atoms with Crippen molar-refractivity contribution in [1.82, 2.24) is 4.72 Å². The maximum absolute atomic E-state index is 12.0. The molecule has 2 rings (SSSR count). The number of hydrogen-bond acceptors (Lipinski definition) is 4. The summed E-state index contributed by atoms with van der Waals surface area (Å²) in [5.74, 6) is 0.725. The molecule has 0 spiro atoms. The van der Waals surface area contributed by atoms with E-state index < -0.39 is 10.0 Å². The van der Waals surface area contributed by atoms with Crippen molar-refractivity contribution in [2.45, 2.75) is 17.7 Å². The number of halogens is 1. The molecule has 1 aromatic heterocycles. The summed E-state index contributed by atoms with van der Waals surface area (Å²) in [6, 6.07) is 10.4. The van der Waals surface area contributed by atoms with E-state index in [1.165, 1.54) is 6.07 Å². The van der Waals surface area contributed by atoms with Crippen molar-refractivity contribution in [2.75, 3.05) is 6.61 Å². The summed E-state index contributed by atoms with van der Waals surface area (Å²) < 4.78 is 32.7. The molecule has 4 nitrogen and oxygen atoms in total. The van der Waals surface area contributed by atoms with Crippen LogP contribution in [0.15, 0.2) is 40.6 Å². The lowest BCUT2D eigenvalue weighted by atomic mass is 10.2. The Morgan fingerprint density at radius 2 is 2.10 bits per heavy atom. The van der Waals surface area contributed by atoms with Gasteiger partial charge in [0.1, 0.15) is 9.96 Å². The normalized spacial score (nSPS) is 11.5. The summed E-state index contributed by atoms with van der Waals surface area (Å²) in [6.07, 6.45) is 0. The van der Waals surface area contributed by atoms with Gasteiger partial charge in [0, 0.05) is 6.54 Å². The number of rotatable bonds is 6. The predicted molar refractivity (Wildman–Crippen MR) is 81.0 cm³/mol. The van der Waals surface area contributed by atoms with Gasteiger partial charge in [-0.3, -0.25) is 0 Å². The molecule has 0 radical (unpaired) electrons. The van der Waals surface area contributed by atoms with E-state index in [-0.39, 0.29) is 10.8 Å². The second-order valence-corrected chi connectivity index (χ2v) is 7.67. The van der Waals surface area contributed by atoms with Crippen LogP contribution >= 0.6 is 22.9 Å². The maximum atomic E-state index is 12.0. The Morgan fingerprint density at radius 1 is 1.30 bits per heavy atom. The molecular weight excluding hydrogens is 318 g/mol. The third-order valence-corrected chi connectivity index (χ3v) is 5.61. The molecule has 108 valence electrons. The van der Waals surface area contributed by atoms with Crippen LogP contribution < -0.4 is 9.46 Å². The van der Waals surface area contributed by atoms with Crippen LogP contribution in [0.4, 0.5) is 0 Å². The fourth-order valence-electron chi connectivity index (χ4n) is 1.60. The van der Waals surface area contributed by atoms with Gasteiger partial charge in [0.25, 0.3) is 0 Å². The Bertz CT molecular complexity index is 682. The molecule has 0 aliphatic rings. The summed E-state index contributed by atoms with van der Waals surface area (Å²) in [7, 11) is -3.52. The molecule has 2 aromatic rings. The van der Waals surface area contributed by atoms with Crippen molar-refractivity contribution in [1.29, 1.82) is 0 Å². The minimum absolute atomic E-state index is 0.207. The van der Waals surface area contributed by atoms with Crippen LogP contribution in [-0.4, -0.2) is 15.0 Å². The zero-order valence-electron chi connectivity index (χ0n) is 10.8. The quantitative estimate of drug-likeness (QED) is 0.883. The maximum Gasteiger partial charge on any atom is 0.250 e. The van der Waals surface area contributed by atoms with E-state index in [0.717, 1.165) is 22.6 Å². The first-order valence-corrected chi connectivity index (χ1v) is 8.66. The van der Waals surface area contributed by atoms with Crippen molar-refractivity contribution in [3.8, 4) is 5.75 Å². The zero-order valence-corrected chi connectivity index (χ0v) is 13.2. The summed E-state index contributed by atoms with van der Waals surface area (Å²) >= 11 is 6.78. The first-order chi connectivity index (χ1) is 9.51. The summed E-state index contributed by atoms with van der Waals surface area (Å²) in [4.78, 5) is 0. The van der Waals surface area contributed by atoms with E-state index in [9.17, 15) is 8.42 Å². The number of benzene rings is 1. The molecule has 0 fully saturated rings. The molecule has 0 atom stereocenters. The van der Waals surface area contributed by atoms with Gasteiger partial charge in [0.15, 0.2) is 0 Å². The highest BCUT2D eigenvalue weighted by atomic mass is 35.5. The Balaban J connectivity index is 2.06. The Morgan fingerprint density at radius 3 is 2.75 bits per heavy atom. The number of sulfonamides is 1. The summed E-state index contributed by atoms with van der Waals surface area (Å²) in [5, 5.41) is 0. The highest BCUT2D eigenvalue weighted by Crippen LogP contribution is 2.25. The first-order valence-electron chi connectivity index (χ1n) is 5.98. The smallest absolute Gasteiger partial charge is 0.250 e. The Kier molecular flexibility index (Phi) is 5.04. The van der Waals surface area contributed by atoms with Crippen LogP contribution in [0.2, 0.25) is 4.34 Å². The fraction of sp³-hybridized carbons (Fsp3) is 0.231. The zero-order chi connectivity index (χ0) is 14.6. The molecule has 0 saturated heterocycles. The van der Waals surface area contributed by atoms with Gasteiger partial charge >= 0.3 is 0 Å². The van der Waals surface area contributed by atoms with E-state index >= 15 is 0 Å². The second kappa shape index (κ2) is 6.58. The Labute approximate surface area is 127 Å². The molecule has 7 heteroatoms. The van der Waals surface area contributed by atoms with Crippen LogP contribution in [0.3, 0.4) is 0 Å². The summed E-state index contributed by atoms with van der Waals surface area (Å²) in [6.45, 7) is 2.68. The highest BCUT2D eigenvalue weighted by molar-refractivity contribution is 7.91. The third-order valence-electron chi connectivity index (χ3n) is 2.49. The van der Waals surface area contributed by atoms with Crippen LogP contribution in [0.5, 0.6) is 5.75 Å². The molecule has 1 N–H and O–H groups in total. The van der Waals surface area contributed by atoms with Crippen molar-refractivity contribution in [2.24, 2.45) is 0 Å². The lowest BCUT2D eigenvalue weighted by Crippen LogP contribution is -2.22. The van der Waals surface area contributed by atoms with Gasteiger partial charge in [0.05, 0.1) is 10.9 Å². The van der Waals surface area contributed by atoms with Crippen molar-refractivity contribution >= 4 is 33.0 Å². The van der Waals surface area contributed by atoms with Crippen molar-refractivity contribution < 1.29 is 13.2 Å². The van der Waals surface area contributed by atoms with Gasteiger partial charge < -0.3 is 4.74 Å². The molecule has 1 heterocycles. The molecule has 1 aromatic carbocycles. The standard InChI is InChI=1S/C13H14ClNO3S2/c1-2-18-11-5-3-4-10(8-11)9-15-20(16,17)13-7-6-12(14)19-13/h3-8,15H,2,9H2,1H3. The van der Waals surface area contributed by atoms with E-state index in [1.807, 2.05) is 31.2 Å². The van der Waals surface area contributed by atoms with E-state index in [4.69, 9.17) is 16.3 Å². The SMILES string of the molecule is CCOc1cccc(CNS(=O)(=O)c2ccc(Cl)s2)c1. The predicted octanol–water partition coefficient (Wildman–Crippen LogP) is 3.28. The van der Waals surface area contributed by atoms with Crippen LogP contribution in [-0.2, 0) is 16.6 Å². The molecule has 20 heavy (non-hydrogen) atoms. The van der Waals surface area contributed by atoms with Crippen LogP contribution in [0.1, 0.15) is 12.5 Å². The average molecular weight is 332 g/mol. The minimum atomic E-state index is -3.52. The topological polar surface area (TPSA) is 55.4 Å². The van der Waals surface area contributed by atoms with Gasteiger partial charge in [-0.15, -0.1) is 11.3 Å². The number of nitrogens with one attached hydrogen (secondary N) is 1. The molecule has 0 amide bonds. The number of hydrogen-bond donors (Lipinski definition) is 1. The van der Waals surface area contributed by atoms with E-state index in [0.29, 0.717) is 10.9 Å². The van der Waals surface area contributed by atoms with Gasteiger partial charge in [-0.2, -0.15) is 0 Å². The van der Waals surface area contributed by atoms with Gasteiger partial charge in [-0.05, 0) is 36.8 Å². The first kappa shape index (κ1) is 15.3. The minimum Gasteiger partial charge on any atom is -0.494 e. The number of ether oxygens (including phenoxy) is 1. The van der Waals surface area contributed by atoms with Crippen molar-refractivity contribution in [3.63, 3.8) is 0 Å². The van der Waals surface area contributed by atoms with E-state index in [1.54, 1.807) is 6.07 Å². The van der Waals surface area contributed by atoms with Crippen LogP contribution in [0, 0.1) is 0 Å². The average Bonchev–Trinajstić information content (AvgIpc) is 2.85. The molecule has 0 aliphatic carbocycles. The summed E-state index contributed by atoms with van der Waals surface area (Å²) in [5.41, 5.74) is 0.835. The third kappa shape index (κ3) is 3.96. The van der Waals surface area contributed by atoms with E-state index in [2.05, 4.69) is 4.72 Å². The molecular formula is C13H14ClNO3S2. The Hall–Kier alpha value is -1.08. The highest BCUT2D eigenvalue weighted by Gasteiger charge is 2.16. The number of thiophene rings is 1. The molecule has 0 bridgehead atoms. The van der Waals surface area contributed by atoms with Gasteiger partial charge in [-0.25, -0.2) is 13.1 Å². The largest absolute Gasteiger partial charge is 0.494 e. The van der Waals surface area contributed by atoms with Gasteiger partial charge in [-0.1, -0.05) is 23.7 Å². The monoisotopic (exact) mass is 331 g/mol. The fourth-order valence-corrected chi connectivity index (χ4v) is 4.15.